The first-order valence-electron chi connectivity index (χ1n) is 14.3. The van der Waals surface area contributed by atoms with Crippen LogP contribution in [-0.2, 0) is 0 Å². The highest BCUT2D eigenvalue weighted by Gasteiger charge is 2.31. The van der Waals surface area contributed by atoms with Crippen molar-refractivity contribution in [2.45, 2.75) is 39.5 Å². The van der Waals surface area contributed by atoms with E-state index in [-0.39, 0.29) is 11.5 Å². The summed E-state index contributed by atoms with van der Waals surface area (Å²) in [5, 5.41) is 21.6. The van der Waals surface area contributed by atoms with Gasteiger partial charge in [-0.2, -0.15) is 0 Å². The average Bonchev–Trinajstić information content (AvgIpc) is 3.35. The van der Waals surface area contributed by atoms with Gasteiger partial charge in [0.2, 0.25) is 0 Å². The zero-order valence-electron chi connectivity index (χ0n) is 24.0. The minimum Gasteiger partial charge on any atom is -0.506 e. The fourth-order valence-corrected chi connectivity index (χ4v) is 5.94. The van der Waals surface area contributed by atoms with E-state index in [1.54, 1.807) is 12.1 Å². The third-order valence-corrected chi connectivity index (χ3v) is 8.02. The van der Waals surface area contributed by atoms with Gasteiger partial charge >= 0.3 is 0 Å². The fraction of sp³-hybridized carbons (Fsp3) is 0.189. The van der Waals surface area contributed by atoms with Crippen molar-refractivity contribution in [1.82, 2.24) is 0 Å². The SMILES string of the molecule is CC(C)c1cc(-c2ccccc2)cc(C(C)C)c1-c1ccc2c(c1)N(c1ccccc1O)CN2c1ccccc1O. The van der Waals surface area contributed by atoms with Crippen molar-refractivity contribution < 1.29 is 10.2 Å². The van der Waals surface area contributed by atoms with Crippen molar-refractivity contribution in [3.63, 3.8) is 0 Å². The van der Waals surface area contributed by atoms with E-state index in [1.165, 1.54) is 27.8 Å². The molecule has 6 rings (SSSR count). The number of hydrogen-bond acceptors (Lipinski definition) is 4. The minimum atomic E-state index is 0.223. The van der Waals surface area contributed by atoms with E-state index in [4.69, 9.17) is 0 Å². The highest BCUT2D eigenvalue weighted by Crippen LogP contribution is 2.50. The molecule has 1 aliphatic heterocycles. The Morgan fingerprint density at radius 1 is 0.488 bits per heavy atom. The Balaban J connectivity index is 1.57. The molecule has 206 valence electrons. The van der Waals surface area contributed by atoms with Crippen molar-refractivity contribution in [3.8, 4) is 33.8 Å². The fourth-order valence-electron chi connectivity index (χ4n) is 5.94. The monoisotopic (exact) mass is 540 g/mol. The quantitative estimate of drug-likeness (QED) is 0.225. The highest BCUT2D eigenvalue weighted by atomic mass is 16.3. The molecule has 4 nitrogen and oxygen atoms in total. The Morgan fingerprint density at radius 3 is 1.54 bits per heavy atom. The number of para-hydroxylation sites is 4. The van der Waals surface area contributed by atoms with E-state index in [9.17, 15) is 10.2 Å². The van der Waals surface area contributed by atoms with Crippen molar-refractivity contribution in [3.05, 3.63) is 120 Å². The molecule has 0 radical (unpaired) electrons. The Morgan fingerprint density at radius 2 is 1.00 bits per heavy atom. The summed E-state index contributed by atoms with van der Waals surface area (Å²) in [7, 11) is 0. The average molecular weight is 541 g/mol. The maximum atomic E-state index is 10.9. The first-order chi connectivity index (χ1) is 19.8. The number of anilines is 4. The van der Waals surface area contributed by atoms with E-state index in [2.05, 4.69) is 98.2 Å². The molecule has 0 spiro atoms. The van der Waals surface area contributed by atoms with Gasteiger partial charge in [0.15, 0.2) is 0 Å². The van der Waals surface area contributed by atoms with Gasteiger partial charge in [0.25, 0.3) is 0 Å². The Hall–Kier alpha value is -4.70. The molecule has 0 atom stereocenters. The maximum absolute atomic E-state index is 10.9. The molecule has 5 aromatic carbocycles. The third-order valence-electron chi connectivity index (χ3n) is 8.02. The number of benzene rings is 5. The van der Waals surface area contributed by atoms with Crippen LogP contribution < -0.4 is 9.80 Å². The van der Waals surface area contributed by atoms with Crippen LogP contribution >= 0.6 is 0 Å². The number of phenolic OH excluding ortho intramolecular Hbond substituents is 2. The molecule has 0 bridgehead atoms. The van der Waals surface area contributed by atoms with Crippen LogP contribution in [0, 0.1) is 0 Å². The van der Waals surface area contributed by atoms with Crippen molar-refractivity contribution in [1.29, 1.82) is 0 Å². The van der Waals surface area contributed by atoms with Gasteiger partial charge in [-0.3, -0.25) is 0 Å². The molecule has 0 unspecified atom stereocenters. The molecule has 0 aromatic heterocycles. The molecule has 0 saturated carbocycles. The number of fused-ring (bicyclic) bond motifs is 1. The van der Waals surface area contributed by atoms with E-state index in [0.717, 1.165) is 28.3 Å². The summed E-state index contributed by atoms with van der Waals surface area (Å²) in [5.74, 6) is 1.10. The number of hydrogen-bond donors (Lipinski definition) is 2. The number of rotatable bonds is 6. The summed E-state index contributed by atoms with van der Waals surface area (Å²) in [6.45, 7) is 9.52. The molecule has 0 amide bonds. The van der Waals surface area contributed by atoms with Gasteiger partial charge < -0.3 is 20.0 Å². The van der Waals surface area contributed by atoms with Gasteiger partial charge in [0.05, 0.1) is 22.7 Å². The van der Waals surface area contributed by atoms with E-state index < -0.39 is 0 Å². The summed E-state index contributed by atoms with van der Waals surface area (Å²) in [5.41, 5.74) is 11.0. The number of phenols is 2. The number of aromatic hydroxyl groups is 2. The maximum Gasteiger partial charge on any atom is 0.139 e. The lowest BCUT2D eigenvalue weighted by Gasteiger charge is -2.24. The molecule has 2 N–H and O–H groups in total. The second-order valence-corrected chi connectivity index (χ2v) is 11.4. The van der Waals surface area contributed by atoms with Crippen molar-refractivity contribution >= 4 is 22.7 Å². The van der Waals surface area contributed by atoms with Gasteiger partial charge in [0.1, 0.15) is 18.2 Å². The largest absolute Gasteiger partial charge is 0.506 e. The standard InChI is InChI=1S/C37H36N2O2/c1-24(2)29-20-28(26-12-6-5-7-13-26)21-30(25(3)4)37(29)27-18-19-31-34(22-27)39(33-15-9-11-17-36(33)41)23-38(31)32-14-8-10-16-35(32)40/h5-22,24-25,40-41H,23H2,1-4H3. The minimum absolute atomic E-state index is 0.223. The molecule has 1 aliphatic rings. The Bertz CT molecular complexity index is 1680. The Kier molecular flexibility index (Phi) is 6.92. The lowest BCUT2D eigenvalue weighted by molar-refractivity contribution is 0.475. The second kappa shape index (κ2) is 10.7. The van der Waals surface area contributed by atoms with Crippen LogP contribution in [0.2, 0.25) is 0 Å². The molecule has 0 saturated heterocycles. The van der Waals surface area contributed by atoms with Crippen LogP contribution in [0.4, 0.5) is 22.7 Å². The molecular weight excluding hydrogens is 504 g/mol. The van der Waals surface area contributed by atoms with Crippen LogP contribution in [0.25, 0.3) is 22.3 Å². The molecule has 4 heteroatoms. The summed E-state index contributed by atoms with van der Waals surface area (Å²) < 4.78 is 0. The van der Waals surface area contributed by atoms with E-state index in [1.807, 2.05) is 36.4 Å². The molecule has 0 fully saturated rings. The zero-order valence-corrected chi connectivity index (χ0v) is 24.0. The first kappa shape index (κ1) is 26.5. The zero-order chi connectivity index (χ0) is 28.7. The van der Waals surface area contributed by atoms with Crippen molar-refractivity contribution in [2.24, 2.45) is 0 Å². The number of nitrogens with zero attached hydrogens (tertiary/aromatic N) is 2. The summed E-state index contributed by atoms with van der Waals surface area (Å²) in [4.78, 5) is 4.23. The topological polar surface area (TPSA) is 46.9 Å². The van der Waals surface area contributed by atoms with Crippen molar-refractivity contribution in [2.75, 3.05) is 16.5 Å². The van der Waals surface area contributed by atoms with Gasteiger partial charge in [-0.05, 0) is 81.6 Å². The molecule has 1 heterocycles. The predicted molar refractivity (Wildman–Crippen MR) is 171 cm³/mol. The predicted octanol–water partition coefficient (Wildman–Crippen LogP) is 9.93. The second-order valence-electron chi connectivity index (χ2n) is 11.4. The van der Waals surface area contributed by atoms with Gasteiger partial charge in [0, 0.05) is 0 Å². The van der Waals surface area contributed by atoms with Gasteiger partial charge in [-0.1, -0.05) is 100 Å². The van der Waals surface area contributed by atoms with Crippen LogP contribution in [0.3, 0.4) is 0 Å². The van der Waals surface area contributed by atoms with E-state index in [0.29, 0.717) is 18.5 Å². The molecular formula is C37H36N2O2. The Labute approximate surface area is 242 Å². The molecule has 0 aliphatic carbocycles. The van der Waals surface area contributed by atoms with Crippen LogP contribution in [0.1, 0.15) is 50.7 Å². The molecule has 5 aromatic rings. The normalized spacial score (nSPS) is 12.8. The van der Waals surface area contributed by atoms with E-state index >= 15 is 0 Å². The van der Waals surface area contributed by atoms with Crippen LogP contribution in [-0.4, -0.2) is 16.9 Å². The highest BCUT2D eigenvalue weighted by molar-refractivity contribution is 5.93. The van der Waals surface area contributed by atoms with Gasteiger partial charge in [-0.15, -0.1) is 0 Å². The lowest BCUT2D eigenvalue weighted by atomic mass is 9.82. The summed E-state index contributed by atoms with van der Waals surface area (Å²) >= 11 is 0. The van der Waals surface area contributed by atoms with Crippen LogP contribution in [0.5, 0.6) is 11.5 Å². The summed E-state index contributed by atoms with van der Waals surface area (Å²) in [6, 6.07) is 36.8. The lowest BCUT2D eigenvalue weighted by Crippen LogP contribution is -2.24. The molecule has 41 heavy (non-hydrogen) atoms. The van der Waals surface area contributed by atoms with Gasteiger partial charge in [-0.25, -0.2) is 0 Å². The third kappa shape index (κ3) is 4.80. The van der Waals surface area contributed by atoms with Crippen LogP contribution in [0.15, 0.2) is 109 Å². The first-order valence-corrected chi connectivity index (χ1v) is 14.3. The summed E-state index contributed by atoms with van der Waals surface area (Å²) in [6.07, 6.45) is 0. The smallest absolute Gasteiger partial charge is 0.139 e.